The normalized spacial score (nSPS) is 12.4. The van der Waals surface area contributed by atoms with E-state index in [0.29, 0.717) is 6.04 Å². The molecule has 1 atom stereocenters. The Labute approximate surface area is 124 Å². The van der Waals surface area contributed by atoms with Gasteiger partial charge in [0.05, 0.1) is 13.7 Å². The van der Waals surface area contributed by atoms with Gasteiger partial charge in [-0.1, -0.05) is 15.9 Å². The largest absolute Gasteiger partial charge is 0.497 e. The fourth-order valence-corrected chi connectivity index (χ4v) is 2.05. The summed E-state index contributed by atoms with van der Waals surface area (Å²) in [5.41, 5.74) is 1.20. The molecular formula is C14H23BrN2O2. The fourth-order valence-electron chi connectivity index (χ4n) is 1.66. The lowest BCUT2D eigenvalue weighted by Gasteiger charge is -2.15. The number of rotatable bonds is 9. The number of methoxy groups -OCH3 is 2. The summed E-state index contributed by atoms with van der Waals surface area (Å²) in [7, 11) is 3.40. The molecule has 0 fully saturated rings. The molecular weight excluding hydrogens is 308 g/mol. The Hall–Kier alpha value is -0.620. The molecule has 0 radical (unpaired) electrons. The van der Waals surface area contributed by atoms with Crippen molar-refractivity contribution in [2.75, 3.05) is 33.9 Å². The second-order valence-electron chi connectivity index (χ2n) is 4.44. The molecule has 0 saturated carbocycles. The Bertz CT molecular complexity index is 374. The van der Waals surface area contributed by atoms with Crippen molar-refractivity contribution in [1.82, 2.24) is 10.6 Å². The van der Waals surface area contributed by atoms with Crippen LogP contribution < -0.4 is 15.4 Å². The highest BCUT2D eigenvalue weighted by Crippen LogP contribution is 2.22. The van der Waals surface area contributed by atoms with E-state index in [1.807, 2.05) is 18.2 Å². The lowest BCUT2D eigenvalue weighted by atomic mass is 10.2. The van der Waals surface area contributed by atoms with Gasteiger partial charge in [-0.2, -0.15) is 0 Å². The first-order valence-corrected chi connectivity index (χ1v) is 7.22. The molecule has 1 aromatic carbocycles. The minimum absolute atomic E-state index is 0.398. The van der Waals surface area contributed by atoms with Crippen LogP contribution in [0, 0.1) is 0 Å². The van der Waals surface area contributed by atoms with Crippen LogP contribution in [0.4, 0.5) is 0 Å². The Morgan fingerprint density at radius 1 is 1.32 bits per heavy atom. The van der Waals surface area contributed by atoms with Gasteiger partial charge in [0.2, 0.25) is 0 Å². The van der Waals surface area contributed by atoms with Crippen molar-refractivity contribution in [1.29, 1.82) is 0 Å². The van der Waals surface area contributed by atoms with Crippen LogP contribution in [-0.4, -0.2) is 40.0 Å². The predicted molar refractivity (Wildman–Crippen MR) is 81.7 cm³/mol. The van der Waals surface area contributed by atoms with E-state index in [9.17, 15) is 0 Å². The Morgan fingerprint density at radius 2 is 2.11 bits per heavy atom. The van der Waals surface area contributed by atoms with Crippen LogP contribution in [0.25, 0.3) is 0 Å². The smallest absolute Gasteiger partial charge is 0.119 e. The van der Waals surface area contributed by atoms with Gasteiger partial charge in [0.1, 0.15) is 5.75 Å². The third kappa shape index (κ3) is 6.38. The first-order valence-electron chi connectivity index (χ1n) is 6.42. The zero-order valence-corrected chi connectivity index (χ0v) is 13.4. The molecule has 0 heterocycles. The van der Waals surface area contributed by atoms with E-state index in [-0.39, 0.29) is 0 Å². The van der Waals surface area contributed by atoms with E-state index >= 15 is 0 Å². The van der Waals surface area contributed by atoms with Gasteiger partial charge >= 0.3 is 0 Å². The Morgan fingerprint density at radius 3 is 2.79 bits per heavy atom. The molecule has 2 N–H and O–H groups in total. The topological polar surface area (TPSA) is 42.5 Å². The monoisotopic (exact) mass is 330 g/mol. The van der Waals surface area contributed by atoms with Gasteiger partial charge in [-0.15, -0.1) is 0 Å². The summed E-state index contributed by atoms with van der Waals surface area (Å²) in [6.45, 7) is 5.52. The highest BCUT2D eigenvalue weighted by molar-refractivity contribution is 9.10. The summed E-state index contributed by atoms with van der Waals surface area (Å²) in [5.74, 6) is 0.880. The summed E-state index contributed by atoms with van der Waals surface area (Å²) in [5, 5.41) is 6.81. The lowest BCUT2D eigenvalue weighted by molar-refractivity contribution is 0.198. The summed E-state index contributed by atoms with van der Waals surface area (Å²) >= 11 is 3.56. The lowest BCUT2D eigenvalue weighted by Crippen LogP contribution is -2.37. The van der Waals surface area contributed by atoms with Crippen molar-refractivity contribution in [3.63, 3.8) is 0 Å². The average Bonchev–Trinajstić information content (AvgIpc) is 2.43. The van der Waals surface area contributed by atoms with Crippen molar-refractivity contribution < 1.29 is 9.47 Å². The highest BCUT2D eigenvalue weighted by Gasteiger charge is 2.05. The number of halogens is 1. The standard InChI is InChI=1S/C14H23BrN2O2/c1-11(9-16-6-7-18-2)17-10-12-8-13(19-3)4-5-14(12)15/h4-5,8,11,16-17H,6-7,9-10H2,1-3H3. The molecule has 1 unspecified atom stereocenters. The van der Waals surface area contributed by atoms with E-state index in [1.165, 1.54) is 5.56 Å². The third-order valence-electron chi connectivity index (χ3n) is 2.83. The number of hydrogen-bond donors (Lipinski definition) is 2. The fraction of sp³-hybridized carbons (Fsp3) is 0.571. The highest BCUT2D eigenvalue weighted by atomic mass is 79.9. The quantitative estimate of drug-likeness (QED) is 0.681. The molecule has 1 aromatic rings. The maximum atomic E-state index is 5.23. The molecule has 0 aliphatic carbocycles. The van der Waals surface area contributed by atoms with E-state index in [1.54, 1.807) is 14.2 Å². The zero-order chi connectivity index (χ0) is 14.1. The second kappa shape index (κ2) is 9.31. The van der Waals surface area contributed by atoms with Gasteiger partial charge < -0.3 is 20.1 Å². The van der Waals surface area contributed by atoms with Crippen molar-refractivity contribution in [2.45, 2.75) is 19.5 Å². The van der Waals surface area contributed by atoms with Crippen LogP contribution in [0.5, 0.6) is 5.75 Å². The molecule has 108 valence electrons. The number of ether oxygens (including phenoxy) is 2. The SMILES string of the molecule is COCCNCC(C)NCc1cc(OC)ccc1Br. The van der Waals surface area contributed by atoms with Gasteiger partial charge in [-0.3, -0.25) is 0 Å². The molecule has 19 heavy (non-hydrogen) atoms. The third-order valence-corrected chi connectivity index (χ3v) is 3.60. The minimum atomic E-state index is 0.398. The minimum Gasteiger partial charge on any atom is -0.497 e. The number of benzene rings is 1. The van der Waals surface area contributed by atoms with Gasteiger partial charge in [0.25, 0.3) is 0 Å². The second-order valence-corrected chi connectivity index (χ2v) is 5.29. The molecule has 0 bridgehead atoms. The molecule has 1 rings (SSSR count). The van der Waals surface area contributed by atoms with Crippen LogP contribution in [0.1, 0.15) is 12.5 Å². The maximum absolute atomic E-state index is 5.23. The molecule has 0 spiro atoms. The molecule has 0 aliphatic heterocycles. The molecule has 0 aromatic heterocycles. The van der Waals surface area contributed by atoms with E-state index in [0.717, 1.165) is 36.5 Å². The van der Waals surface area contributed by atoms with Crippen LogP contribution in [0.2, 0.25) is 0 Å². The predicted octanol–water partition coefficient (Wildman–Crippen LogP) is 2.17. The average molecular weight is 331 g/mol. The number of nitrogens with one attached hydrogen (secondary N) is 2. The van der Waals surface area contributed by atoms with E-state index in [2.05, 4.69) is 33.5 Å². The van der Waals surface area contributed by atoms with Crippen LogP contribution in [0.3, 0.4) is 0 Å². The first kappa shape index (κ1) is 16.4. The molecule has 0 amide bonds. The van der Waals surface area contributed by atoms with Crippen LogP contribution in [0.15, 0.2) is 22.7 Å². The number of hydrogen-bond acceptors (Lipinski definition) is 4. The summed E-state index contributed by atoms with van der Waals surface area (Å²) < 4.78 is 11.3. The van der Waals surface area contributed by atoms with Crippen LogP contribution in [-0.2, 0) is 11.3 Å². The molecule has 0 saturated heterocycles. The van der Waals surface area contributed by atoms with Gasteiger partial charge in [0, 0.05) is 37.3 Å². The summed E-state index contributed by atoms with van der Waals surface area (Å²) in [4.78, 5) is 0. The molecule has 4 nitrogen and oxygen atoms in total. The van der Waals surface area contributed by atoms with Crippen molar-refractivity contribution in [2.24, 2.45) is 0 Å². The maximum Gasteiger partial charge on any atom is 0.119 e. The van der Waals surface area contributed by atoms with Crippen LogP contribution >= 0.6 is 15.9 Å². The van der Waals surface area contributed by atoms with Gasteiger partial charge in [-0.25, -0.2) is 0 Å². The van der Waals surface area contributed by atoms with Crippen molar-refractivity contribution in [3.8, 4) is 5.75 Å². The Balaban J connectivity index is 2.34. The molecule has 0 aliphatic rings. The summed E-state index contributed by atoms with van der Waals surface area (Å²) in [6.07, 6.45) is 0. The zero-order valence-electron chi connectivity index (χ0n) is 11.8. The van der Waals surface area contributed by atoms with Gasteiger partial charge in [-0.05, 0) is 30.7 Å². The molecule has 5 heteroatoms. The van der Waals surface area contributed by atoms with Crippen molar-refractivity contribution >= 4 is 15.9 Å². The van der Waals surface area contributed by atoms with E-state index < -0.39 is 0 Å². The van der Waals surface area contributed by atoms with Crippen molar-refractivity contribution in [3.05, 3.63) is 28.2 Å². The summed E-state index contributed by atoms with van der Waals surface area (Å²) in [6, 6.07) is 6.40. The van der Waals surface area contributed by atoms with E-state index in [4.69, 9.17) is 9.47 Å². The Kier molecular flexibility index (Phi) is 8.05. The van der Waals surface area contributed by atoms with Gasteiger partial charge in [0.15, 0.2) is 0 Å². The first-order chi connectivity index (χ1) is 9.17.